The van der Waals surface area contributed by atoms with Crippen LogP contribution in [0.5, 0.6) is 0 Å². The Bertz CT molecular complexity index is 1580. The lowest BCUT2D eigenvalue weighted by molar-refractivity contribution is -0.144. The molecule has 0 fully saturated rings. The van der Waals surface area contributed by atoms with Crippen LogP contribution in [-0.2, 0) is 36.7 Å². The highest BCUT2D eigenvalue weighted by Crippen LogP contribution is 2.33. The summed E-state index contributed by atoms with van der Waals surface area (Å²) < 4.78 is 70.0. The van der Waals surface area contributed by atoms with Crippen molar-refractivity contribution >= 4 is 20.9 Å². The average Bonchev–Trinajstić information content (AvgIpc) is 3.35. The molecule has 13 heteroatoms. The summed E-state index contributed by atoms with van der Waals surface area (Å²) in [7, 11) is -0.601. The largest absolute Gasteiger partial charge is 0.431 e. The number of imidazole rings is 2. The number of fused-ring (bicyclic) bond motifs is 1. The number of pyridine rings is 2. The van der Waals surface area contributed by atoms with Crippen molar-refractivity contribution in [2.75, 3.05) is 5.75 Å². The van der Waals surface area contributed by atoms with E-state index in [2.05, 4.69) is 15.0 Å². The number of sulfone groups is 1. The first-order valence-electron chi connectivity index (χ1n) is 10.3. The summed E-state index contributed by atoms with van der Waals surface area (Å²) >= 11 is 0. The lowest BCUT2D eigenvalue weighted by atomic mass is 10.2. The second kappa shape index (κ2) is 8.08. The number of nitrogens with zero attached hydrogens (tertiary/aromatic N) is 6. The minimum Gasteiger partial charge on any atom is -0.332 e. The summed E-state index contributed by atoms with van der Waals surface area (Å²) in [6.45, 7) is 2.71. The van der Waals surface area contributed by atoms with E-state index in [4.69, 9.17) is 0 Å². The summed E-state index contributed by atoms with van der Waals surface area (Å²) in [5.41, 5.74) is -1.38. The molecule has 180 valence electrons. The van der Waals surface area contributed by atoms with E-state index in [-0.39, 0.29) is 39.7 Å². The number of aryl methyl sites for hydroxylation is 2. The van der Waals surface area contributed by atoms with Crippen molar-refractivity contribution in [3.05, 3.63) is 46.8 Å². The molecule has 34 heavy (non-hydrogen) atoms. The van der Waals surface area contributed by atoms with Gasteiger partial charge in [-0.15, -0.1) is 0 Å². The Morgan fingerprint density at radius 3 is 2.35 bits per heavy atom. The van der Waals surface area contributed by atoms with Gasteiger partial charge in [0.15, 0.2) is 15.7 Å². The van der Waals surface area contributed by atoms with E-state index in [9.17, 15) is 26.4 Å². The molecule has 4 aromatic rings. The van der Waals surface area contributed by atoms with Crippen LogP contribution < -0.4 is 5.56 Å². The van der Waals surface area contributed by atoms with Crippen molar-refractivity contribution in [1.29, 1.82) is 0 Å². The zero-order valence-electron chi connectivity index (χ0n) is 18.8. The van der Waals surface area contributed by atoms with Crippen LogP contribution in [0.1, 0.15) is 19.5 Å². The van der Waals surface area contributed by atoms with Crippen molar-refractivity contribution in [2.24, 2.45) is 14.1 Å². The summed E-state index contributed by atoms with van der Waals surface area (Å²) in [4.78, 5) is 25.6. The minimum atomic E-state index is -4.77. The molecule has 4 rings (SSSR count). The van der Waals surface area contributed by atoms with E-state index in [1.54, 1.807) is 24.1 Å². The van der Waals surface area contributed by atoms with Crippen molar-refractivity contribution < 1.29 is 21.6 Å². The third kappa shape index (κ3) is 3.69. The van der Waals surface area contributed by atoms with Crippen LogP contribution in [0.2, 0.25) is 0 Å². The van der Waals surface area contributed by atoms with Crippen LogP contribution in [0.3, 0.4) is 0 Å². The maximum Gasteiger partial charge on any atom is 0.431 e. The topological polar surface area (TPSA) is 105 Å². The summed E-state index contributed by atoms with van der Waals surface area (Å²) in [6.07, 6.45) is -1.67. The van der Waals surface area contributed by atoms with Crippen LogP contribution in [0.25, 0.3) is 33.9 Å². The Kier molecular flexibility index (Phi) is 5.62. The molecule has 0 aliphatic heterocycles. The number of hydrogen-bond acceptors (Lipinski definition) is 6. The van der Waals surface area contributed by atoms with E-state index < -0.39 is 27.3 Å². The van der Waals surface area contributed by atoms with Gasteiger partial charge in [-0.3, -0.25) is 4.79 Å². The highest BCUT2D eigenvalue weighted by molar-refractivity contribution is 7.91. The van der Waals surface area contributed by atoms with E-state index in [1.807, 2.05) is 0 Å². The van der Waals surface area contributed by atoms with Gasteiger partial charge < -0.3 is 13.7 Å². The number of aromatic nitrogens is 6. The maximum absolute atomic E-state index is 13.6. The Labute approximate surface area is 192 Å². The molecular formula is C21H21F3N6O3S. The fraction of sp³-hybridized carbons (Fsp3) is 0.333. The molecule has 0 radical (unpaired) electrons. The second-order valence-corrected chi connectivity index (χ2v) is 9.89. The Hall–Kier alpha value is -3.48. The van der Waals surface area contributed by atoms with Crippen molar-refractivity contribution in [3.63, 3.8) is 0 Å². The second-order valence-electron chi connectivity index (χ2n) is 7.64. The predicted molar refractivity (Wildman–Crippen MR) is 119 cm³/mol. The molecule has 9 nitrogen and oxygen atoms in total. The Morgan fingerprint density at radius 1 is 1.09 bits per heavy atom. The van der Waals surface area contributed by atoms with E-state index in [0.717, 1.165) is 6.07 Å². The van der Waals surface area contributed by atoms with Gasteiger partial charge in [0.2, 0.25) is 0 Å². The maximum atomic E-state index is 13.6. The number of halogens is 3. The predicted octanol–water partition coefficient (Wildman–Crippen LogP) is 3.03. The SMILES string of the molecule is CCn1c(C(F)(F)F)cc2nc(-c3nc(-c4cncn4C)ccc3S(=O)(=O)CC)n(C)c2c1=O. The number of hydrogen-bond donors (Lipinski definition) is 0. The van der Waals surface area contributed by atoms with E-state index >= 15 is 0 Å². The fourth-order valence-electron chi connectivity index (χ4n) is 3.84. The van der Waals surface area contributed by atoms with E-state index in [1.165, 1.54) is 37.6 Å². The summed E-state index contributed by atoms with van der Waals surface area (Å²) in [6, 6.07) is 3.70. The normalized spacial score (nSPS) is 12.6. The molecule has 0 amide bonds. The third-order valence-electron chi connectivity index (χ3n) is 5.60. The monoisotopic (exact) mass is 494 g/mol. The lowest BCUT2D eigenvalue weighted by Gasteiger charge is -2.14. The molecule has 4 heterocycles. The number of alkyl halides is 3. The summed E-state index contributed by atoms with van der Waals surface area (Å²) in [5.74, 6) is -0.262. The summed E-state index contributed by atoms with van der Waals surface area (Å²) in [5, 5.41) is 0. The molecule has 0 unspecified atom stereocenters. The van der Waals surface area contributed by atoms with E-state index in [0.29, 0.717) is 16.0 Å². The first-order chi connectivity index (χ1) is 15.9. The standard InChI is InChI=1S/C21H21F3N6O3S/c1-5-30-16(21(22,23)24)9-13-18(20(30)31)29(4)19(27-13)17-15(34(32,33)6-2)8-7-12(26-17)14-10-25-11-28(14)3/h7-11H,5-6H2,1-4H3. The van der Waals surface area contributed by atoms with Crippen LogP contribution >= 0.6 is 0 Å². The molecule has 0 aliphatic rings. The molecule has 0 bridgehead atoms. The van der Waals surface area contributed by atoms with Crippen molar-refractivity contribution in [2.45, 2.75) is 31.5 Å². The molecular weight excluding hydrogens is 473 g/mol. The quantitative estimate of drug-likeness (QED) is 0.422. The van der Waals surface area contributed by atoms with Crippen LogP contribution in [0.15, 0.2) is 40.4 Å². The highest BCUT2D eigenvalue weighted by Gasteiger charge is 2.36. The van der Waals surface area contributed by atoms with Crippen LogP contribution in [0.4, 0.5) is 13.2 Å². The molecule has 0 aliphatic carbocycles. The average molecular weight is 494 g/mol. The Balaban J connectivity index is 2.09. The molecule has 0 atom stereocenters. The fourth-order valence-corrected chi connectivity index (χ4v) is 4.86. The first-order valence-corrected chi connectivity index (χ1v) is 11.9. The van der Waals surface area contributed by atoms with Gasteiger partial charge in [0.25, 0.3) is 5.56 Å². The molecule has 0 saturated carbocycles. The molecule has 0 N–H and O–H groups in total. The van der Waals surface area contributed by atoms with Gasteiger partial charge in [0, 0.05) is 20.6 Å². The molecule has 0 spiro atoms. The minimum absolute atomic E-state index is 0.0369. The Morgan fingerprint density at radius 2 is 1.79 bits per heavy atom. The molecule has 0 saturated heterocycles. The van der Waals surface area contributed by atoms with Gasteiger partial charge >= 0.3 is 6.18 Å². The van der Waals surface area contributed by atoms with Gasteiger partial charge in [0.1, 0.15) is 16.9 Å². The van der Waals surface area contributed by atoms with Gasteiger partial charge in [-0.05, 0) is 25.1 Å². The van der Waals surface area contributed by atoms with Gasteiger partial charge in [-0.25, -0.2) is 23.4 Å². The third-order valence-corrected chi connectivity index (χ3v) is 7.36. The van der Waals surface area contributed by atoms with Gasteiger partial charge in [0.05, 0.1) is 40.1 Å². The molecule has 0 aromatic carbocycles. The highest BCUT2D eigenvalue weighted by atomic mass is 32.2. The number of rotatable bonds is 5. The molecule has 4 aromatic heterocycles. The van der Waals surface area contributed by atoms with Gasteiger partial charge in [-0.1, -0.05) is 6.92 Å². The lowest BCUT2D eigenvalue weighted by Crippen LogP contribution is -2.28. The van der Waals surface area contributed by atoms with Gasteiger partial charge in [-0.2, -0.15) is 13.2 Å². The van der Waals surface area contributed by atoms with Crippen molar-refractivity contribution in [1.82, 2.24) is 28.7 Å². The zero-order chi connectivity index (χ0) is 25.0. The van der Waals surface area contributed by atoms with Crippen LogP contribution in [0, 0.1) is 0 Å². The first kappa shape index (κ1) is 23.7. The smallest absolute Gasteiger partial charge is 0.332 e. The van der Waals surface area contributed by atoms with Crippen molar-refractivity contribution in [3.8, 4) is 22.9 Å². The zero-order valence-corrected chi connectivity index (χ0v) is 19.6. The van der Waals surface area contributed by atoms with Crippen LogP contribution in [-0.4, -0.2) is 42.8 Å².